The van der Waals surface area contributed by atoms with E-state index in [1.807, 2.05) is 18.2 Å². The molecule has 0 fully saturated rings. The molecule has 0 radical (unpaired) electrons. The highest BCUT2D eigenvalue weighted by Gasteiger charge is 2.02. The number of hydrogen-bond acceptors (Lipinski definition) is 2. The van der Waals surface area contributed by atoms with Gasteiger partial charge in [0, 0.05) is 11.4 Å². The minimum Gasteiger partial charge on any atom is -0.399 e. The Morgan fingerprint density at radius 3 is 2.12 bits per heavy atom. The van der Waals surface area contributed by atoms with Crippen LogP contribution >= 0.6 is 0 Å². The SMILES string of the molecule is CCc1cc(N)ccc1Cc1ccc(N)cc1. The molecule has 0 unspecified atom stereocenters. The monoisotopic (exact) mass is 226 g/mol. The molecule has 17 heavy (non-hydrogen) atoms. The first-order chi connectivity index (χ1) is 8.19. The Morgan fingerprint density at radius 2 is 1.47 bits per heavy atom. The highest BCUT2D eigenvalue weighted by molar-refractivity contribution is 5.47. The lowest BCUT2D eigenvalue weighted by Crippen LogP contribution is -1.97. The predicted molar refractivity (Wildman–Crippen MR) is 73.9 cm³/mol. The van der Waals surface area contributed by atoms with Crippen molar-refractivity contribution in [2.45, 2.75) is 19.8 Å². The van der Waals surface area contributed by atoms with E-state index in [4.69, 9.17) is 11.5 Å². The van der Waals surface area contributed by atoms with Crippen LogP contribution < -0.4 is 11.5 Å². The summed E-state index contributed by atoms with van der Waals surface area (Å²) in [6, 6.07) is 14.2. The van der Waals surface area contributed by atoms with Gasteiger partial charge < -0.3 is 11.5 Å². The van der Waals surface area contributed by atoms with E-state index in [2.05, 4.69) is 31.2 Å². The number of nitrogen functional groups attached to an aromatic ring is 2. The van der Waals surface area contributed by atoms with E-state index in [0.717, 1.165) is 24.2 Å². The number of hydrogen-bond donors (Lipinski definition) is 2. The molecule has 0 atom stereocenters. The number of nitrogens with two attached hydrogens (primary N) is 2. The Balaban J connectivity index is 2.26. The number of benzene rings is 2. The first kappa shape index (κ1) is 11.5. The van der Waals surface area contributed by atoms with Gasteiger partial charge in [-0.1, -0.05) is 25.1 Å². The first-order valence-electron chi connectivity index (χ1n) is 5.90. The normalized spacial score (nSPS) is 10.4. The Hall–Kier alpha value is -1.96. The van der Waals surface area contributed by atoms with Crippen molar-refractivity contribution < 1.29 is 0 Å². The van der Waals surface area contributed by atoms with Crippen LogP contribution in [0.15, 0.2) is 42.5 Å². The van der Waals surface area contributed by atoms with Crippen LogP contribution in [0.5, 0.6) is 0 Å². The van der Waals surface area contributed by atoms with Crippen molar-refractivity contribution in [2.75, 3.05) is 11.5 Å². The maximum atomic E-state index is 5.80. The van der Waals surface area contributed by atoms with Gasteiger partial charge >= 0.3 is 0 Å². The summed E-state index contributed by atoms with van der Waals surface area (Å²) >= 11 is 0. The van der Waals surface area contributed by atoms with Crippen LogP contribution in [-0.4, -0.2) is 0 Å². The predicted octanol–water partition coefficient (Wildman–Crippen LogP) is 3.00. The van der Waals surface area contributed by atoms with Crippen molar-refractivity contribution in [2.24, 2.45) is 0 Å². The average molecular weight is 226 g/mol. The number of aryl methyl sites for hydroxylation is 1. The zero-order valence-corrected chi connectivity index (χ0v) is 10.1. The number of anilines is 2. The Kier molecular flexibility index (Phi) is 3.33. The largest absolute Gasteiger partial charge is 0.399 e. The van der Waals surface area contributed by atoms with Gasteiger partial charge in [-0.25, -0.2) is 0 Å². The van der Waals surface area contributed by atoms with Gasteiger partial charge in [0.05, 0.1) is 0 Å². The fourth-order valence-electron chi connectivity index (χ4n) is 2.00. The molecule has 4 N–H and O–H groups in total. The van der Waals surface area contributed by atoms with Crippen molar-refractivity contribution >= 4 is 11.4 Å². The van der Waals surface area contributed by atoms with E-state index in [1.165, 1.54) is 16.7 Å². The molecule has 2 aromatic rings. The van der Waals surface area contributed by atoms with E-state index in [1.54, 1.807) is 0 Å². The topological polar surface area (TPSA) is 52.0 Å². The maximum Gasteiger partial charge on any atom is 0.0316 e. The maximum absolute atomic E-state index is 5.80. The van der Waals surface area contributed by atoms with Crippen LogP contribution in [0, 0.1) is 0 Å². The summed E-state index contributed by atoms with van der Waals surface area (Å²) in [6.07, 6.45) is 1.94. The smallest absolute Gasteiger partial charge is 0.0316 e. The Morgan fingerprint density at radius 1 is 0.824 bits per heavy atom. The van der Waals surface area contributed by atoms with Gasteiger partial charge in [0.1, 0.15) is 0 Å². The van der Waals surface area contributed by atoms with Gasteiger partial charge in [-0.05, 0) is 53.8 Å². The molecule has 0 saturated heterocycles. The first-order valence-corrected chi connectivity index (χ1v) is 5.90. The summed E-state index contributed by atoms with van der Waals surface area (Å²) in [5, 5.41) is 0. The molecular weight excluding hydrogens is 208 g/mol. The molecule has 0 aliphatic carbocycles. The van der Waals surface area contributed by atoms with Crippen molar-refractivity contribution in [3.63, 3.8) is 0 Å². The molecule has 0 aliphatic heterocycles. The lowest BCUT2D eigenvalue weighted by atomic mass is 9.97. The highest BCUT2D eigenvalue weighted by atomic mass is 14.5. The molecule has 2 rings (SSSR count). The third-order valence-electron chi connectivity index (χ3n) is 2.99. The van der Waals surface area contributed by atoms with E-state index >= 15 is 0 Å². The van der Waals surface area contributed by atoms with Gasteiger partial charge in [0.25, 0.3) is 0 Å². The van der Waals surface area contributed by atoms with E-state index in [0.29, 0.717) is 0 Å². The molecular formula is C15H18N2. The van der Waals surface area contributed by atoms with Gasteiger partial charge in [-0.15, -0.1) is 0 Å². The number of rotatable bonds is 3. The molecule has 2 heteroatoms. The molecule has 0 saturated carbocycles. The Labute approximate surface area is 102 Å². The molecule has 0 spiro atoms. The van der Waals surface area contributed by atoms with Crippen LogP contribution in [0.3, 0.4) is 0 Å². The zero-order valence-electron chi connectivity index (χ0n) is 10.1. The summed E-state index contributed by atoms with van der Waals surface area (Å²) in [7, 11) is 0. The summed E-state index contributed by atoms with van der Waals surface area (Å²) in [5.74, 6) is 0. The van der Waals surface area contributed by atoms with Gasteiger partial charge in [0.2, 0.25) is 0 Å². The van der Waals surface area contributed by atoms with E-state index in [9.17, 15) is 0 Å². The third-order valence-corrected chi connectivity index (χ3v) is 2.99. The molecule has 2 aromatic carbocycles. The van der Waals surface area contributed by atoms with Crippen LogP contribution in [0.2, 0.25) is 0 Å². The minimum atomic E-state index is 0.807. The van der Waals surface area contributed by atoms with Crippen LogP contribution in [0.25, 0.3) is 0 Å². The van der Waals surface area contributed by atoms with Crippen molar-refractivity contribution in [1.29, 1.82) is 0 Å². The van der Waals surface area contributed by atoms with E-state index < -0.39 is 0 Å². The second-order valence-corrected chi connectivity index (χ2v) is 4.30. The summed E-state index contributed by atoms with van der Waals surface area (Å²) in [6.45, 7) is 2.15. The lowest BCUT2D eigenvalue weighted by Gasteiger charge is -2.09. The fourth-order valence-corrected chi connectivity index (χ4v) is 2.00. The quantitative estimate of drug-likeness (QED) is 0.790. The molecule has 0 heterocycles. The van der Waals surface area contributed by atoms with Crippen LogP contribution in [0.4, 0.5) is 11.4 Å². The van der Waals surface area contributed by atoms with Crippen LogP contribution in [-0.2, 0) is 12.8 Å². The fraction of sp³-hybridized carbons (Fsp3) is 0.200. The lowest BCUT2D eigenvalue weighted by molar-refractivity contribution is 1.06. The van der Waals surface area contributed by atoms with Gasteiger partial charge in [-0.2, -0.15) is 0 Å². The molecule has 2 nitrogen and oxygen atoms in total. The summed E-state index contributed by atoms with van der Waals surface area (Å²) in [4.78, 5) is 0. The molecule has 0 amide bonds. The second-order valence-electron chi connectivity index (χ2n) is 4.30. The summed E-state index contributed by atoms with van der Waals surface area (Å²) < 4.78 is 0. The molecule has 0 aromatic heterocycles. The molecule has 0 bridgehead atoms. The van der Waals surface area contributed by atoms with E-state index in [-0.39, 0.29) is 0 Å². The van der Waals surface area contributed by atoms with Gasteiger partial charge in [-0.3, -0.25) is 0 Å². The summed E-state index contributed by atoms with van der Waals surface area (Å²) in [5.41, 5.74) is 17.1. The van der Waals surface area contributed by atoms with Crippen molar-refractivity contribution in [3.8, 4) is 0 Å². The second kappa shape index (κ2) is 4.91. The third kappa shape index (κ3) is 2.78. The molecule has 0 aliphatic rings. The van der Waals surface area contributed by atoms with Crippen molar-refractivity contribution in [3.05, 3.63) is 59.2 Å². The average Bonchev–Trinajstić information content (AvgIpc) is 2.34. The Bertz CT molecular complexity index is 501. The minimum absolute atomic E-state index is 0.807. The zero-order chi connectivity index (χ0) is 12.3. The van der Waals surface area contributed by atoms with Crippen molar-refractivity contribution in [1.82, 2.24) is 0 Å². The highest BCUT2D eigenvalue weighted by Crippen LogP contribution is 2.18. The van der Waals surface area contributed by atoms with Gasteiger partial charge in [0.15, 0.2) is 0 Å². The van der Waals surface area contributed by atoms with Crippen LogP contribution in [0.1, 0.15) is 23.6 Å². The standard InChI is InChI=1S/C15H18N2/c1-2-12-10-15(17)8-5-13(12)9-11-3-6-14(16)7-4-11/h3-8,10H,2,9,16-17H2,1H3. The molecule has 88 valence electrons.